The first-order valence-electron chi connectivity index (χ1n) is 12.0. The molecule has 32 heavy (non-hydrogen) atoms. The minimum atomic E-state index is -0.455. The van der Waals surface area contributed by atoms with E-state index < -0.39 is 11.3 Å². The molecule has 0 unspecified atom stereocenters. The number of benzene rings is 1. The summed E-state index contributed by atoms with van der Waals surface area (Å²) in [6.45, 7) is 1.78. The zero-order valence-electron chi connectivity index (χ0n) is 18.5. The lowest BCUT2D eigenvalue weighted by Gasteiger charge is -2.41. The van der Waals surface area contributed by atoms with Crippen molar-refractivity contribution in [3.8, 4) is 0 Å². The lowest BCUT2D eigenvalue weighted by molar-refractivity contribution is 0.0519. The highest BCUT2D eigenvalue weighted by Gasteiger charge is 2.35. The Hall–Kier alpha value is -2.89. The van der Waals surface area contributed by atoms with E-state index in [1.165, 1.54) is 25.7 Å². The van der Waals surface area contributed by atoms with Crippen LogP contribution < -0.4 is 10.7 Å². The van der Waals surface area contributed by atoms with Crippen LogP contribution in [0.3, 0.4) is 0 Å². The molecule has 1 aromatic heterocycles. The molecule has 0 radical (unpaired) electrons. The molecule has 1 saturated heterocycles. The zero-order chi connectivity index (χ0) is 22.1. The maximum absolute atomic E-state index is 13.4. The molecule has 168 valence electrons. The van der Waals surface area contributed by atoms with E-state index in [0.717, 1.165) is 31.4 Å². The highest BCUT2D eigenvalue weighted by atomic mass is 16.2. The summed E-state index contributed by atoms with van der Waals surface area (Å²) in [6.07, 6.45) is 11.3. The molecule has 3 fully saturated rings. The lowest BCUT2D eigenvalue weighted by atomic mass is 9.75. The largest absolute Gasteiger partial charge is 0.349 e. The molecule has 0 spiro atoms. The van der Waals surface area contributed by atoms with Crippen LogP contribution in [0.25, 0.3) is 0 Å². The molecule has 2 heterocycles. The molecule has 1 aromatic carbocycles. The molecule has 5 rings (SSSR count). The molecule has 1 aliphatic heterocycles. The predicted molar refractivity (Wildman–Crippen MR) is 123 cm³/mol. The summed E-state index contributed by atoms with van der Waals surface area (Å²) in [5.74, 6) is 0.621. The second-order valence-electron chi connectivity index (χ2n) is 9.61. The van der Waals surface area contributed by atoms with Crippen molar-refractivity contribution in [3.05, 3.63) is 69.6 Å². The fourth-order valence-corrected chi connectivity index (χ4v) is 5.32. The quantitative estimate of drug-likeness (QED) is 0.780. The Labute approximate surface area is 188 Å². The number of nitrogens with one attached hydrogen (secondary N) is 1. The Morgan fingerprint density at radius 3 is 2.38 bits per heavy atom. The number of aromatic nitrogens is 1. The number of hydrogen-bond donors (Lipinski definition) is 1. The molecule has 6 nitrogen and oxygen atoms in total. The fourth-order valence-electron chi connectivity index (χ4n) is 5.32. The SMILES string of the molecule is O=C(NCc1ccccc1)c1cn(C2CC2)cc(C(=O)N2CC[C@@H]3CCCC[C@H]3C2)c1=O. The summed E-state index contributed by atoms with van der Waals surface area (Å²) >= 11 is 0. The zero-order valence-corrected chi connectivity index (χ0v) is 18.5. The van der Waals surface area contributed by atoms with E-state index >= 15 is 0 Å². The summed E-state index contributed by atoms with van der Waals surface area (Å²) in [5, 5.41) is 2.85. The van der Waals surface area contributed by atoms with Gasteiger partial charge in [-0.1, -0.05) is 49.6 Å². The van der Waals surface area contributed by atoms with Gasteiger partial charge in [0.2, 0.25) is 5.43 Å². The third-order valence-corrected chi connectivity index (χ3v) is 7.36. The summed E-state index contributed by atoms with van der Waals surface area (Å²) < 4.78 is 1.90. The van der Waals surface area contributed by atoms with E-state index in [2.05, 4.69) is 5.32 Å². The van der Waals surface area contributed by atoms with Gasteiger partial charge in [0.1, 0.15) is 11.1 Å². The first kappa shape index (κ1) is 21.0. The number of rotatable bonds is 5. The van der Waals surface area contributed by atoms with Crippen molar-refractivity contribution in [2.75, 3.05) is 13.1 Å². The maximum atomic E-state index is 13.4. The second-order valence-corrected chi connectivity index (χ2v) is 9.61. The molecule has 2 aliphatic carbocycles. The maximum Gasteiger partial charge on any atom is 0.259 e. The Balaban J connectivity index is 1.38. The van der Waals surface area contributed by atoms with Gasteiger partial charge in [-0.2, -0.15) is 0 Å². The molecular formula is C26H31N3O3. The first-order valence-corrected chi connectivity index (χ1v) is 12.0. The van der Waals surface area contributed by atoms with E-state index in [4.69, 9.17) is 0 Å². The van der Waals surface area contributed by atoms with Gasteiger partial charge in [0.25, 0.3) is 11.8 Å². The number of piperidine rings is 1. The van der Waals surface area contributed by atoms with Gasteiger partial charge in [-0.3, -0.25) is 14.4 Å². The molecule has 0 bridgehead atoms. The van der Waals surface area contributed by atoms with E-state index in [0.29, 0.717) is 24.9 Å². The smallest absolute Gasteiger partial charge is 0.259 e. The van der Waals surface area contributed by atoms with Crippen LogP contribution in [0.5, 0.6) is 0 Å². The average Bonchev–Trinajstić information content (AvgIpc) is 3.68. The van der Waals surface area contributed by atoms with Crippen molar-refractivity contribution < 1.29 is 9.59 Å². The van der Waals surface area contributed by atoms with Crippen LogP contribution in [0.2, 0.25) is 0 Å². The van der Waals surface area contributed by atoms with E-state index in [1.54, 1.807) is 12.4 Å². The Bertz CT molecular complexity index is 1060. The van der Waals surface area contributed by atoms with Gasteiger partial charge in [-0.15, -0.1) is 0 Å². The van der Waals surface area contributed by atoms with Crippen molar-refractivity contribution >= 4 is 11.8 Å². The topological polar surface area (TPSA) is 71.4 Å². The van der Waals surface area contributed by atoms with Crippen LogP contribution in [-0.2, 0) is 6.54 Å². The third-order valence-electron chi connectivity index (χ3n) is 7.36. The molecule has 1 N–H and O–H groups in total. The van der Waals surface area contributed by atoms with Gasteiger partial charge in [0.15, 0.2) is 0 Å². The summed E-state index contributed by atoms with van der Waals surface area (Å²) in [4.78, 5) is 41.5. The summed E-state index contributed by atoms with van der Waals surface area (Å²) in [6, 6.07) is 9.87. The van der Waals surface area contributed by atoms with Crippen molar-refractivity contribution in [3.63, 3.8) is 0 Å². The Morgan fingerprint density at radius 2 is 1.62 bits per heavy atom. The molecule has 2 saturated carbocycles. The molecule has 2 amide bonds. The van der Waals surface area contributed by atoms with Crippen LogP contribution in [0.1, 0.15) is 77.3 Å². The minimum Gasteiger partial charge on any atom is -0.349 e. The number of amides is 2. The molecule has 6 heteroatoms. The van der Waals surface area contributed by atoms with Gasteiger partial charge in [0, 0.05) is 38.1 Å². The van der Waals surface area contributed by atoms with Gasteiger partial charge in [-0.05, 0) is 43.1 Å². The van der Waals surface area contributed by atoms with Crippen molar-refractivity contribution in [1.82, 2.24) is 14.8 Å². The number of fused-ring (bicyclic) bond motifs is 1. The molecule has 2 aromatic rings. The van der Waals surface area contributed by atoms with Gasteiger partial charge in [-0.25, -0.2) is 0 Å². The predicted octanol–water partition coefficient (Wildman–Crippen LogP) is 3.77. The third kappa shape index (κ3) is 4.36. The number of hydrogen-bond acceptors (Lipinski definition) is 3. The van der Waals surface area contributed by atoms with Gasteiger partial charge < -0.3 is 14.8 Å². The van der Waals surface area contributed by atoms with E-state index in [-0.39, 0.29) is 23.1 Å². The van der Waals surface area contributed by atoms with Crippen molar-refractivity contribution in [1.29, 1.82) is 0 Å². The molecule has 2 atom stereocenters. The minimum absolute atomic E-state index is 0.0613. The summed E-state index contributed by atoms with van der Waals surface area (Å²) in [5.41, 5.74) is 0.707. The second kappa shape index (κ2) is 8.93. The Kier molecular flexibility index (Phi) is 5.85. The molecular weight excluding hydrogens is 402 g/mol. The lowest BCUT2D eigenvalue weighted by Crippen LogP contribution is -2.46. The number of pyridine rings is 1. The normalized spacial score (nSPS) is 22.8. The van der Waals surface area contributed by atoms with Crippen LogP contribution in [0.4, 0.5) is 0 Å². The van der Waals surface area contributed by atoms with Crippen LogP contribution in [0, 0.1) is 11.8 Å². The number of carbonyl (C=O) groups excluding carboxylic acids is 2. The summed E-state index contributed by atoms with van der Waals surface area (Å²) in [7, 11) is 0. The van der Waals surface area contributed by atoms with Gasteiger partial charge >= 0.3 is 0 Å². The van der Waals surface area contributed by atoms with Crippen LogP contribution in [0.15, 0.2) is 47.5 Å². The first-order chi connectivity index (χ1) is 15.6. The van der Waals surface area contributed by atoms with E-state index in [9.17, 15) is 14.4 Å². The van der Waals surface area contributed by atoms with Crippen molar-refractivity contribution in [2.45, 2.75) is 57.5 Å². The number of nitrogens with zero attached hydrogens (tertiary/aromatic N) is 2. The molecule has 3 aliphatic rings. The monoisotopic (exact) mass is 433 g/mol. The van der Waals surface area contributed by atoms with Crippen molar-refractivity contribution in [2.24, 2.45) is 11.8 Å². The van der Waals surface area contributed by atoms with E-state index in [1.807, 2.05) is 39.8 Å². The average molecular weight is 434 g/mol. The fraction of sp³-hybridized carbons (Fsp3) is 0.500. The number of likely N-dealkylation sites (tertiary alicyclic amines) is 1. The van der Waals surface area contributed by atoms with Crippen LogP contribution >= 0.6 is 0 Å². The Morgan fingerprint density at radius 1 is 0.906 bits per heavy atom. The van der Waals surface area contributed by atoms with Crippen LogP contribution in [-0.4, -0.2) is 34.4 Å². The van der Waals surface area contributed by atoms with Gasteiger partial charge in [0.05, 0.1) is 0 Å². The number of carbonyl (C=O) groups is 2. The highest BCUT2D eigenvalue weighted by Crippen LogP contribution is 2.37. The standard InChI is InChI=1S/C26H31N3O3/c30-24-22(25(31)27-14-18-6-2-1-3-7-18)16-29(21-10-11-21)17-23(24)26(32)28-13-12-19-8-4-5-9-20(19)15-28/h1-3,6-7,16-17,19-21H,4-5,8-15H2,(H,27,31)/t19-,20-/m0/s1. The highest BCUT2D eigenvalue weighted by molar-refractivity contribution is 5.99.